The number of hydrogen-bond donors (Lipinski definition) is 1. The third kappa shape index (κ3) is 3.57. The Labute approximate surface area is 169 Å². The number of carbonyl (C=O) groups is 1. The quantitative estimate of drug-likeness (QED) is 0.553. The molecular weight excluding hydrogens is 360 g/mol. The highest BCUT2D eigenvalue weighted by Gasteiger charge is 2.21. The van der Waals surface area contributed by atoms with Gasteiger partial charge in [-0.15, -0.1) is 0 Å². The summed E-state index contributed by atoms with van der Waals surface area (Å²) in [5.74, 6) is -0.174. The van der Waals surface area contributed by atoms with Crippen LogP contribution in [-0.2, 0) is 13.0 Å². The van der Waals surface area contributed by atoms with E-state index in [9.17, 15) is 9.59 Å². The third-order valence-electron chi connectivity index (χ3n) is 5.06. The molecule has 1 heterocycles. The van der Waals surface area contributed by atoms with E-state index in [1.807, 2.05) is 85.8 Å². The lowest BCUT2D eigenvalue weighted by Crippen LogP contribution is -2.30. The van der Waals surface area contributed by atoms with Crippen molar-refractivity contribution in [1.82, 2.24) is 9.88 Å². The van der Waals surface area contributed by atoms with Crippen LogP contribution in [0.2, 0.25) is 0 Å². The molecule has 4 rings (SSSR count). The number of hydrogen-bond acceptors (Lipinski definition) is 2. The standard InChI is InChI=1S/C25H22N2O2/c1-2-22-23(24(28)26-17-18-11-5-3-6-12-18)20-15-9-10-16-21(20)25(29)27(22)19-13-7-4-8-14-19/h3-16H,2,17H2,1H3,(H,26,28). The molecule has 0 radical (unpaired) electrons. The van der Waals surface area contributed by atoms with Gasteiger partial charge in [-0.25, -0.2) is 0 Å². The molecule has 4 heteroatoms. The van der Waals surface area contributed by atoms with E-state index in [1.165, 1.54) is 0 Å². The second kappa shape index (κ2) is 8.15. The molecular formula is C25H22N2O2. The van der Waals surface area contributed by atoms with Crippen LogP contribution >= 0.6 is 0 Å². The number of rotatable bonds is 5. The lowest BCUT2D eigenvalue weighted by atomic mass is 10.0. The summed E-state index contributed by atoms with van der Waals surface area (Å²) in [6, 6.07) is 26.6. The maximum atomic E-state index is 13.3. The van der Waals surface area contributed by atoms with E-state index in [1.54, 1.807) is 10.6 Å². The van der Waals surface area contributed by atoms with Gasteiger partial charge in [0.05, 0.1) is 5.56 Å². The largest absolute Gasteiger partial charge is 0.348 e. The minimum absolute atomic E-state index is 0.108. The Kier molecular flexibility index (Phi) is 5.25. The smallest absolute Gasteiger partial charge is 0.263 e. The third-order valence-corrected chi connectivity index (χ3v) is 5.06. The van der Waals surface area contributed by atoms with E-state index in [0.29, 0.717) is 35.0 Å². The predicted octanol–water partition coefficient (Wildman–Crippen LogP) is 4.48. The van der Waals surface area contributed by atoms with Gasteiger partial charge in [-0.2, -0.15) is 0 Å². The summed E-state index contributed by atoms with van der Waals surface area (Å²) in [5.41, 5.74) is 2.95. The van der Waals surface area contributed by atoms with Crippen LogP contribution < -0.4 is 10.9 Å². The van der Waals surface area contributed by atoms with Crippen molar-refractivity contribution in [2.75, 3.05) is 0 Å². The number of nitrogens with zero attached hydrogens (tertiary/aromatic N) is 1. The van der Waals surface area contributed by atoms with Crippen LogP contribution in [-0.4, -0.2) is 10.5 Å². The average molecular weight is 382 g/mol. The van der Waals surface area contributed by atoms with Crippen molar-refractivity contribution in [3.63, 3.8) is 0 Å². The molecule has 4 aromatic rings. The molecule has 29 heavy (non-hydrogen) atoms. The molecule has 0 atom stereocenters. The number of nitrogens with one attached hydrogen (secondary N) is 1. The molecule has 0 saturated carbocycles. The minimum atomic E-state index is -0.174. The fraction of sp³-hybridized carbons (Fsp3) is 0.120. The number of carbonyl (C=O) groups excluding carboxylic acids is 1. The van der Waals surface area contributed by atoms with Gasteiger partial charge >= 0.3 is 0 Å². The number of pyridine rings is 1. The van der Waals surface area contributed by atoms with E-state index < -0.39 is 0 Å². The van der Waals surface area contributed by atoms with Gasteiger partial charge in [0.15, 0.2) is 0 Å². The summed E-state index contributed by atoms with van der Waals surface area (Å²) in [6.45, 7) is 2.40. The molecule has 0 aliphatic carbocycles. The van der Waals surface area contributed by atoms with E-state index in [-0.39, 0.29) is 11.5 Å². The predicted molar refractivity (Wildman–Crippen MR) is 117 cm³/mol. The Morgan fingerprint density at radius 3 is 2.07 bits per heavy atom. The molecule has 0 aliphatic heterocycles. The molecule has 0 spiro atoms. The van der Waals surface area contributed by atoms with Crippen molar-refractivity contribution in [3.8, 4) is 5.69 Å². The number of benzene rings is 3. The number of fused-ring (bicyclic) bond motifs is 1. The van der Waals surface area contributed by atoms with Crippen molar-refractivity contribution < 1.29 is 4.79 Å². The van der Waals surface area contributed by atoms with Crippen molar-refractivity contribution in [3.05, 3.63) is 112 Å². The molecule has 1 aromatic heterocycles. The molecule has 1 amide bonds. The zero-order valence-electron chi connectivity index (χ0n) is 16.3. The average Bonchev–Trinajstić information content (AvgIpc) is 2.78. The highest BCUT2D eigenvalue weighted by Crippen LogP contribution is 2.23. The lowest BCUT2D eigenvalue weighted by Gasteiger charge is -2.19. The van der Waals surface area contributed by atoms with Crippen molar-refractivity contribution in [2.45, 2.75) is 19.9 Å². The highest BCUT2D eigenvalue weighted by atomic mass is 16.2. The van der Waals surface area contributed by atoms with Gasteiger partial charge in [0.25, 0.3) is 11.5 Å². The van der Waals surface area contributed by atoms with Crippen molar-refractivity contribution >= 4 is 16.7 Å². The Morgan fingerprint density at radius 2 is 1.41 bits per heavy atom. The van der Waals surface area contributed by atoms with Crippen LogP contribution in [0.5, 0.6) is 0 Å². The van der Waals surface area contributed by atoms with E-state index in [2.05, 4.69) is 5.32 Å². The molecule has 0 unspecified atom stereocenters. The minimum Gasteiger partial charge on any atom is -0.348 e. The molecule has 3 aromatic carbocycles. The van der Waals surface area contributed by atoms with Gasteiger partial charge in [0, 0.05) is 28.7 Å². The van der Waals surface area contributed by atoms with Crippen LogP contribution in [0, 0.1) is 0 Å². The van der Waals surface area contributed by atoms with Crippen molar-refractivity contribution in [2.24, 2.45) is 0 Å². The number of para-hydroxylation sites is 1. The Hall–Kier alpha value is -3.66. The number of aromatic nitrogens is 1. The monoisotopic (exact) mass is 382 g/mol. The summed E-state index contributed by atoms with van der Waals surface area (Å²) in [4.78, 5) is 26.6. The van der Waals surface area contributed by atoms with Crippen molar-refractivity contribution in [1.29, 1.82) is 0 Å². The SMILES string of the molecule is CCc1c(C(=O)NCc2ccccc2)c2ccccc2c(=O)n1-c1ccccc1. The maximum Gasteiger partial charge on any atom is 0.263 e. The summed E-state index contributed by atoms with van der Waals surface area (Å²) in [6.07, 6.45) is 0.559. The van der Waals surface area contributed by atoms with Gasteiger partial charge in [-0.05, 0) is 30.2 Å². The number of amides is 1. The van der Waals surface area contributed by atoms with Crippen LogP contribution in [0.4, 0.5) is 0 Å². The molecule has 4 nitrogen and oxygen atoms in total. The molecule has 0 bridgehead atoms. The lowest BCUT2D eigenvalue weighted by molar-refractivity contribution is 0.0951. The molecule has 0 fully saturated rings. The van der Waals surface area contributed by atoms with E-state index >= 15 is 0 Å². The summed E-state index contributed by atoms with van der Waals surface area (Å²) >= 11 is 0. The second-order valence-electron chi connectivity index (χ2n) is 6.87. The Balaban J connectivity index is 1.89. The normalized spacial score (nSPS) is 10.8. The summed E-state index contributed by atoms with van der Waals surface area (Å²) in [5, 5.41) is 4.25. The molecule has 1 N–H and O–H groups in total. The fourth-order valence-corrected chi connectivity index (χ4v) is 3.70. The van der Waals surface area contributed by atoms with Crippen LogP contribution in [0.1, 0.15) is 28.5 Å². The topological polar surface area (TPSA) is 51.1 Å². The van der Waals surface area contributed by atoms with Gasteiger partial charge in [0.2, 0.25) is 0 Å². The van der Waals surface area contributed by atoms with Crippen LogP contribution in [0.25, 0.3) is 16.5 Å². The first-order valence-corrected chi connectivity index (χ1v) is 9.75. The molecule has 144 valence electrons. The first kappa shape index (κ1) is 18.7. The first-order valence-electron chi connectivity index (χ1n) is 9.75. The fourth-order valence-electron chi connectivity index (χ4n) is 3.70. The summed E-state index contributed by atoms with van der Waals surface area (Å²) in [7, 11) is 0. The first-order chi connectivity index (χ1) is 14.2. The van der Waals surface area contributed by atoms with E-state index in [4.69, 9.17) is 0 Å². The van der Waals surface area contributed by atoms with Gasteiger partial charge < -0.3 is 5.32 Å². The summed E-state index contributed by atoms with van der Waals surface area (Å²) < 4.78 is 1.67. The van der Waals surface area contributed by atoms with Crippen LogP contribution in [0.15, 0.2) is 89.7 Å². The van der Waals surface area contributed by atoms with Gasteiger partial charge in [-0.1, -0.05) is 73.7 Å². The Morgan fingerprint density at radius 1 is 0.828 bits per heavy atom. The molecule has 0 aliphatic rings. The molecule has 0 saturated heterocycles. The zero-order chi connectivity index (χ0) is 20.2. The highest BCUT2D eigenvalue weighted by molar-refractivity contribution is 6.08. The zero-order valence-corrected chi connectivity index (χ0v) is 16.3. The second-order valence-corrected chi connectivity index (χ2v) is 6.87. The van der Waals surface area contributed by atoms with Gasteiger partial charge in [0.1, 0.15) is 0 Å². The maximum absolute atomic E-state index is 13.3. The van der Waals surface area contributed by atoms with Gasteiger partial charge in [-0.3, -0.25) is 14.2 Å². The Bertz CT molecular complexity index is 1210. The van der Waals surface area contributed by atoms with E-state index in [0.717, 1.165) is 11.3 Å². The van der Waals surface area contributed by atoms with Crippen LogP contribution in [0.3, 0.4) is 0 Å².